The van der Waals surface area contributed by atoms with Crippen molar-refractivity contribution in [1.82, 2.24) is 10.3 Å². The number of carboxylic acid groups (broad SMARTS) is 1. The molecule has 216 valence electrons. The van der Waals surface area contributed by atoms with Crippen LogP contribution in [0.25, 0.3) is 21.6 Å². The summed E-state index contributed by atoms with van der Waals surface area (Å²) in [7, 11) is 0. The number of fused-ring (bicyclic) bond motifs is 3. The standard InChI is InChI=1S/C32H32N4O5S/c1-3-4-11-34-31(38)26-8-6-21(28(35-26)32(39)40)22-16-27-24(29-20(9-12-41-27)10-13-42-29)15-23(22)30(37)36-25-7-5-19(17-33)14-18(25)2/h5-8,10,13-16H,3-4,9,11-12,17,33H2,1-2H3,(H,34,38)(H,36,37)(H,39,40). The van der Waals surface area contributed by atoms with Gasteiger partial charge in [0.2, 0.25) is 0 Å². The van der Waals surface area contributed by atoms with Gasteiger partial charge in [0, 0.05) is 52.3 Å². The Morgan fingerprint density at radius 2 is 1.88 bits per heavy atom. The number of amides is 2. The quantitative estimate of drug-likeness (QED) is 0.186. The van der Waals surface area contributed by atoms with E-state index >= 15 is 0 Å². The van der Waals surface area contributed by atoms with Crippen molar-refractivity contribution in [2.45, 2.75) is 39.7 Å². The molecule has 5 N–H and O–H groups in total. The van der Waals surface area contributed by atoms with E-state index in [0.29, 0.717) is 43.1 Å². The zero-order valence-electron chi connectivity index (χ0n) is 23.5. The van der Waals surface area contributed by atoms with Crippen LogP contribution in [-0.4, -0.2) is 41.0 Å². The second-order valence-electron chi connectivity index (χ2n) is 10.1. The van der Waals surface area contributed by atoms with Crippen molar-refractivity contribution in [3.8, 4) is 27.3 Å². The van der Waals surface area contributed by atoms with E-state index in [9.17, 15) is 19.5 Å². The molecular weight excluding hydrogens is 552 g/mol. The van der Waals surface area contributed by atoms with Crippen molar-refractivity contribution < 1.29 is 24.2 Å². The summed E-state index contributed by atoms with van der Waals surface area (Å²) in [5, 5.41) is 17.9. The number of thiophene rings is 1. The van der Waals surface area contributed by atoms with E-state index in [2.05, 4.69) is 15.6 Å². The van der Waals surface area contributed by atoms with E-state index in [-0.39, 0.29) is 22.5 Å². The molecule has 0 saturated carbocycles. The van der Waals surface area contributed by atoms with Gasteiger partial charge < -0.3 is 26.2 Å². The molecule has 3 heterocycles. The first-order valence-electron chi connectivity index (χ1n) is 13.8. The number of aromatic nitrogens is 1. The third kappa shape index (κ3) is 5.90. The molecule has 0 unspecified atom stereocenters. The van der Waals surface area contributed by atoms with Gasteiger partial charge in [0.1, 0.15) is 11.4 Å². The summed E-state index contributed by atoms with van der Waals surface area (Å²) in [5.74, 6) is -1.65. The number of aryl methyl sites for hydroxylation is 1. The van der Waals surface area contributed by atoms with Crippen molar-refractivity contribution in [3.05, 3.63) is 87.6 Å². The second kappa shape index (κ2) is 12.5. The number of nitrogens with two attached hydrogens (primary N) is 1. The van der Waals surface area contributed by atoms with E-state index < -0.39 is 17.8 Å². The monoisotopic (exact) mass is 584 g/mol. The minimum absolute atomic E-state index is 0.0110. The molecule has 2 aromatic heterocycles. The molecular formula is C32H32N4O5S. The highest BCUT2D eigenvalue weighted by atomic mass is 32.1. The number of unbranched alkanes of at least 4 members (excludes halogenated alkanes) is 1. The topological polar surface area (TPSA) is 144 Å². The highest BCUT2D eigenvalue weighted by Crippen LogP contribution is 2.43. The van der Waals surface area contributed by atoms with Crippen molar-refractivity contribution in [2.24, 2.45) is 5.73 Å². The number of benzene rings is 2. The second-order valence-corrected chi connectivity index (χ2v) is 11.0. The van der Waals surface area contributed by atoms with Gasteiger partial charge in [0.15, 0.2) is 5.69 Å². The third-order valence-corrected chi connectivity index (χ3v) is 8.19. The highest BCUT2D eigenvalue weighted by molar-refractivity contribution is 7.13. The number of anilines is 1. The Balaban J connectivity index is 1.64. The van der Waals surface area contributed by atoms with Crippen LogP contribution in [0.5, 0.6) is 5.75 Å². The van der Waals surface area contributed by atoms with Gasteiger partial charge >= 0.3 is 5.97 Å². The minimum atomic E-state index is -1.32. The van der Waals surface area contributed by atoms with Gasteiger partial charge in [-0.25, -0.2) is 9.78 Å². The Hall–Kier alpha value is -4.54. The summed E-state index contributed by atoms with van der Waals surface area (Å²) >= 11 is 1.56. The number of carbonyl (C=O) groups is 3. The molecule has 0 aliphatic carbocycles. The molecule has 0 spiro atoms. The van der Waals surface area contributed by atoms with Gasteiger partial charge in [-0.3, -0.25) is 9.59 Å². The first-order valence-corrected chi connectivity index (χ1v) is 14.7. The molecule has 2 amide bonds. The van der Waals surface area contributed by atoms with Crippen LogP contribution < -0.4 is 21.1 Å². The van der Waals surface area contributed by atoms with Crippen molar-refractivity contribution >= 4 is 34.8 Å². The molecule has 0 fully saturated rings. The lowest BCUT2D eigenvalue weighted by Gasteiger charge is -2.18. The maximum Gasteiger partial charge on any atom is 0.355 e. The smallest absolute Gasteiger partial charge is 0.355 e. The lowest BCUT2D eigenvalue weighted by atomic mass is 9.93. The van der Waals surface area contributed by atoms with E-state index in [1.54, 1.807) is 29.5 Å². The van der Waals surface area contributed by atoms with Gasteiger partial charge in [-0.2, -0.15) is 0 Å². The van der Waals surface area contributed by atoms with Crippen LogP contribution in [0.15, 0.2) is 53.9 Å². The molecule has 9 nitrogen and oxygen atoms in total. The molecule has 0 atom stereocenters. The predicted octanol–water partition coefficient (Wildman–Crippen LogP) is 5.66. The summed E-state index contributed by atoms with van der Waals surface area (Å²) < 4.78 is 6.10. The molecule has 0 bridgehead atoms. The number of pyridine rings is 1. The van der Waals surface area contributed by atoms with Crippen molar-refractivity contribution in [3.63, 3.8) is 0 Å². The van der Waals surface area contributed by atoms with Gasteiger partial charge in [0.25, 0.3) is 11.8 Å². The summed E-state index contributed by atoms with van der Waals surface area (Å²) in [5.41, 5.74) is 10.5. The van der Waals surface area contributed by atoms with Gasteiger partial charge in [-0.15, -0.1) is 11.3 Å². The maximum atomic E-state index is 13.9. The van der Waals surface area contributed by atoms with E-state index in [1.807, 2.05) is 37.4 Å². The first kappa shape index (κ1) is 29.0. The number of rotatable bonds is 9. The maximum absolute atomic E-state index is 13.9. The van der Waals surface area contributed by atoms with E-state index in [0.717, 1.165) is 40.0 Å². The number of carbonyl (C=O) groups excluding carboxylic acids is 2. The molecule has 1 aliphatic heterocycles. The number of nitrogens with zero attached hydrogens (tertiary/aromatic N) is 1. The van der Waals surface area contributed by atoms with Crippen LogP contribution >= 0.6 is 11.3 Å². The van der Waals surface area contributed by atoms with Gasteiger partial charge in [-0.05, 0) is 71.8 Å². The lowest BCUT2D eigenvalue weighted by Crippen LogP contribution is -2.26. The zero-order valence-corrected chi connectivity index (χ0v) is 24.3. The summed E-state index contributed by atoms with van der Waals surface area (Å²) in [6.07, 6.45) is 2.41. The predicted molar refractivity (Wildman–Crippen MR) is 163 cm³/mol. The number of hydrogen-bond donors (Lipinski definition) is 4. The van der Waals surface area contributed by atoms with Gasteiger partial charge in [-0.1, -0.05) is 25.5 Å². The molecule has 2 aromatic carbocycles. The van der Waals surface area contributed by atoms with Crippen LogP contribution in [0.4, 0.5) is 5.69 Å². The molecule has 0 radical (unpaired) electrons. The Bertz CT molecular complexity index is 1680. The third-order valence-electron chi connectivity index (χ3n) is 7.20. The fraction of sp³-hybridized carbons (Fsp3) is 0.250. The molecule has 5 rings (SSSR count). The number of carboxylic acids is 1. The molecule has 4 aromatic rings. The fourth-order valence-electron chi connectivity index (χ4n) is 4.95. The lowest BCUT2D eigenvalue weighted by molar-refractivity contribution is 0.0691. The minimum Gasteiger partial charge on any atom is -0.493 e. The van der Waals surface area contributed by atoms with Gasteiger partial charge in [0.05, 0.1) is 6.61 Å². The zero-order chi connectivity index (χ0) is 29.8. The number of hydrogen-bond acceptors (Lipinski definition) is 7. The average Bonchev–Trinajstić information content (AvgIpc) is 3.39. The Kier molecular flexibility index (Phi) is 8.65. The summed E-state index contributed by atoms with van der Waals surface area (Å²) in [6.45, 7) is 5.18. The fourth-order valence-corrected chi connectivity index (χ4v) is 5.92. The number of aromatic carboxylic acids is 1. The van der Waals surface area contributed by atoms with Crippen molar-refractivity contribution in [1.29, 1.82) is 0 Å². The Morgan fingerprint density at radius 3 is 2.62 bits per heavy atom. The normalized spacial score (nSPS) is 12.0. The summed E-state index contributed by atoms with van der Waals surface area (Å²) in [4.78, 5) is 44.3. The van der Waals surface area contributed by atoms with E-state index in [1.165, 1.54) is 12.1 Å². The van der Waals surface area contributed by atoms with Crippen LogP contribution in [0, 0.1) is 6.92 Å². The molecule has 1 aliphatic rings. The largest absolute Gasteiger partial charge is 0.493 e. The van der Waals surface area contributed by atoms with Crippen LogP contribution in [0.2, 0.25) is 0 Å². The van der Waals surface area contributed by atoms with Crippen LogP contribution in [-0.2, 0) is 13.0 Å². The van der Waals surface area contributed by atoms with E-state index in [4.69, 9.17) is 10.5 Å². The molecule has 10 heteroatoms. The highest BCUT2D eigenvalue weighted by Gasteiger charge is 2.26. The Labute approximate surface area is 247 Å². The SMILES string of the molecule is CCCCNC(=O)c1ccc(-c2cc3c(cc2C(=O)Nc2ccc(CN)cc2C)-c2sccc2CCO3)c(C(=O)O)n1. The first-order chi connectivity index (χ1) is 20.3. The van der Waals surface area contributed by atoms with Crippen LogP contribution in [0.1, 0.15) is 67.8 Å². The number of ether oxygens (including phenoxy) is 1. The molecule has 42 heavy (non-hydrogen) atoms. The molecule has 0 saturated heterocycles. The Morgan fingerprint density at radius 1 is 1.05 bits per heavy atom. The average molecular weight is 585 g/mol. The van der Waals surface area contributed by atoms with Crippen LogP contribution in [0.3, 0.4) is 0 Å². The number of nitrogens with one attached hydrogen (secondary N) is 2. The summed E-state index contributed by atoms with van der Waals surface area (Å²) in [6, 6.07) is 14.1. The van der Waals surface area contributed by atoms with Crippen molar-refractivity contribution in [2.75, 3.05) is 18.5 Å².